The molecule has 0 radical (unpaired) electrons. The first-order chi connectivity index (χ1) is 17.6. The number of nitrogens with two attached hydrogens (primary N) is 1. The van der Waals surface area contributed by atoms with E-state index in [-0.39, 0.29) is 6.42 Å². The number of rotatable bonds is 7. The highest BCUT2D eigenvalue weighted by atomic mass is 35.5. The van der Waals surface area contributed by atoms with E-state index in [2.05, 4.69) is 10.3 Å². The third-order valence-electron chi connectivity index (χ3n) is 5.89. The zero-order valence-corrected chi connectivity index (χ0v) is 20.5. The smallest absolute Gasteiger partial charge is 0.272 e. The topological polar surface area (TPSA) is 105 Å². The number of benzodiazepines with no additional fused rings is 1. The molecule has 37 heavy (non-hydrogen) atoms. The fourth-order valence-corrected chi connectivity index (χ4v) is 4.20. The number of amides is 3. The predicted octanol–water partition coefficient (Wildman–Crippen LogP) is 3.61. The number of hydrogen-bond donors (Lipinski definition) is 2. The summed E-state index contributed by atoms with van der Waals surface area (Å²) in [5.41, 5.74) is 7.87. The minimum Gasteiger partial charge on any atom is -0.368 e. The Labute approximate surface area is 216 Å². The minimum absolute atomic E-state index is 0.100. The molecule has 0 bridgehead atoms. The lowest BCUT2D eigenvalue weighted by molar-refractivity contribution is -0.129. The lowest BCUT2D eigenvalue weighted by Gasteiger charge is -2.24. The quantitative estimate of drug-likeness (QED) is 0.493. The van der Waals surface area contributed by atoms with Crippen LogP contribution in [0.5, 0.6) is 0 Å². The maximum absolute atomic E-state index is 13.6. The molecule has 0 saturated carbocycles. The average Bonchev–Trinajstić information content (AvgIpc) is 2.97. The van der Waals surface area contributed by atoms with E-state index < -0.39 is 48.0 Å². The number of anilines is 1. The first-order valence-corrected chi connectivity index (χ1v) is 11.8. The summed E-state index contributed by atoms with van der Waals surface area (Å²) >= 11 is 6.05. The number of nitrogens with one attached hydrogen (secondary N) is 1. The fourth-order valence-electron chi connectivity index (χ4n) is 4.07. The monoisotopic (exact) mass is 524 g/mol. The fraction of sp³-hybridized carbons (Fsp3) is 0.185. The van der Waals surface area contributed by atoms with Crippen LogP contribution in [0.4, 0.5) is 14.5 Å². The molecule has 0 aliphatic carbocycles. The van der Waals surface area contributed by atoms with Crippen LogP contribution in [-0.4, -0.2) is 36.1 Å². The summed E-state index contributed by atoms with van der Waals surface area (Å²) in [5, 5.41) is 3.15. The van der Waals surface area contributed by atoms with E-state index in [1.165, 1.54) is 11.0 Å². The van der Waals surface area contributed by atoms with Crippen LogP contribution in [0.1, 0.15) is 23.6 Å². The molecule has 190 valence electrons. The minimum atomic E-state index is -1.38. The van der Waals surface area contributed by atoms with Crippen molar-refractivity contribution in [3.05, 3.63) is 100 Å². The summed E-state index contributed by atoms with van der Waals surface area (Å²) < 4.78 is 26.9. The Morgan fingerprint density at radius 3 is 2.46 bits per heavy atom. The molecule has 1 aliphatic heterocycles. The van der Waals surface area contributed by atoms with Crippen molar-refractivity contribution in [3.8, 4) is 0 Å². The lowest BCUT2D eigenvalue weighted by Crippen LogP contribution is -2.50. The zero-order chi connectivity index (χ0) is 26.7. The summed E-state index contributed by atoms with van der Waals surface area (Å²) in [4.78, 5) is 44.3. The number of carbonyl (C=O) groups is 3. The molecule has 3 aromatic carbocycles. The van der Waals surface area contributed by atoms with Gasteiger partial charge >= 0.3 is 0 Å². The standard InChI is InChI=1S/C27H23ClF2N4O3/c1-15(12-16-6-11-20(29)21(30)13-16)26(36)33-25-27(37)34(14-23(31)35)22-5-3-2-4-19(22)24(32-25)17-7-9-18(28)10-8-17/h2-11,13,15,25H,12,14H2,1H3,(H2,31,35)(H,33,36)/t15-,25?/m0/s1. The van der Waals surface area contributed by atoms with Crippen molar-refractivity contribution in [2.75, 3.05) is 11.4 Å². The molecule has 3 amide bonds. The van der Waals surface area contributed by atoms with Crippen molar-refractivity contribution in [2.24, 2.45) is 16.6 Å². The van der Waals surface area contributed by atoms with Gasteiger partial charge in [-0.3, -0.25) is 19.3 Å². The van der Waals surface area contributed by atoms with Gasteiger partial charge in [0, 0.05) is 22.1 Å². The first-order valence-electron chi connectivity index (χ1n) is 11.4. The molecule has 3 N–H and O–H groups in total. The third-order valence-corrected chi connectivity index (χ3v) is 6.14. The van der Waals surface area contributed by atoms with Crippen LogP contribution in [0.25, 0.3) is 0 Å². The molecule has 1 heterocycles. The van der Waals surface area contributed by atoms with Crippen LogP contribution >= 0.6 is 11.6 Å². The van der Waals surface area contributed by atoms with E-state index >= 15 is 0 Å². The van der Waals surface area contributed by atoms with Gasteiger partial charge in [0.1, 0.15) is 6.54 Å². The van der Waals surface area contributed by atoms with Crippen LogP contribution in [0.15, 0.2) is 71.7 Å². The zero-order valence-electron chi connectivity index (χ0n) is 19.8. The Hall–Kier alpha value is -4.11. The number of para-hydroxylation sites is 1. The maximum atomic E-state index is 13.6. The van der Waals surface area contributed by atoms with Crippen molar-refractivity contribution in [1.82, 2.24) is 5.32 Å². The summed E-state index contributed by atoms with van der Waals surface area (Å²) in [6, 6.07) is 17.1. The summed E-state index contributed by atoms with van der Waals surface area (Å²) in [6.07, 6.45) is -1.28. The Balaban J connectivity index is 1.70. The second-order valence-corrected chi connectivity index (χ2v) is 9.09. The molecule has 0 spiro atoms. The Morgan fingerprint density at radius 1 is 1.08 bits per heavy atom. The molecular formula is C27H23ClF2N4O3. The van der Waals surface area contributed by atoms with Crippen LogP contribution in [0, 0.1) is 17.6 Å². The summed E-state index contributed by atoms with van der Waals surface area (Å²) in [5.74, 6) is -4.63. The SMILES string of the molecule is C[C@@H](Cc1ccc(F)c(F)c1)C(=O)NC1N=C(c2ccc(Cl)cc2)c2ccccc2N(CC(N)=O)C1=O. The van der Waals surface area contributed by atoms with Gasteiger partial charge in [0.05, 0.1) is 11.4 Å². The molecule has 0 saturated heterocycles. The van der Waals surface area contributed by atoms with E-state index in [1.54, 1.807) is 55.5 Å². The molecule has 3 aromatic rings. The normalized spacial score (nSPS) is 15.9. The highest BCUT2D eigenvalue weighted by molar-refractivity contribution is 6.31. The van der Waals surface area contributed by atoms with Crippen molar-refractivity contribution in [2.45, 2.75) is 19.5 Å². The van der Waals surface area contributed by atoms with Gasteiger partial charge in [-0.05, 0) is 42.3 Å². The van der Waals surface area contributed by atoms with Crippen molar-refractivity contribution in [3.63, 3.8) is 0 Å². The maximum Gasteiger partial charge on any atom is 0.272 e. The highest BCUT2D eigenvalue weighted by Gasteiger charge is 2.34. The number of nitrogens with zero attached hydrogens (tertiary/aromatic N) is 2. The van der Waals surface area contributed by atoms with Crippen LogP contribution in [0.3, 0.4) is 0 Å². The van der Waals surface area contributed by atoms with E-state index in [9.17, 15) is 23.2 Å². The average molecular weight is 525 g/mol. The molecular weight excluding hydrogens is 502 g/mol. The molecule has 7 nitrogen and oxygen atoms in total. The van der Waals surface area contributed by atoms with Crippen molar-refractivity contribution >= 4 is 40.7 Å². The summed E-state index contributed by atoms with van der Waals surface area (Å²) in [6.45, 7) is 1.17. The number of aliphatic imine (C=N–C) groups is 1. The Bertz CT molecular complexity index is 1390. The van der Waals surface area contributed by atoms with Gasteiger partial charge < -0.3 is 11.1 Å². The number of carbonyl (C=O) groups excluding carboxylic acids is 3. The van der Waals surface area contributed by atoms with E-state index in [4.69, 9.17) is 17.3 Å². The number of primary amides is 1. The Morgan fingerprint density at radius 2 is 1.78 bits per heavy atom. The van der Waals surface area contributed by atoms with Crippen LogP contribution in [-0.2, 0) is 20.8 Å². The van der Waals surface area contributed by atoms with E-state index in [0.717, 1.165) is 12.1 Å². The van der Waals surface area contributed by atoms with Gasteiger partial charge in [-0.15, -0.1) is 0 Å². The second kappa shape index (κ2) is 10.9. The molecule has 10 heteroatoms. The van der Waals surface area contributed by atoms with Gasteiger partial charge in [-0.2, -0.15) is 0 Å². The summed E-state index contributed by atoms with van der Waals surface area (Å²) in [7, 11) is 0. The third kappa shape index (κ3) is 5.83. The van der Waals surface area contributed by atoms with Gasteiger partial charge in [-0.1, -0.05) is 54.9 Å². The van der Waals surface area contributed by atoms with Crippen molar-refractivity contribution < 1.29 is 23.2 Å². The molecule has 0 aromatic heterocycles. The van der Waals surface area contributed by atoms with E-state index in [0.29, 0.717) is 33.1 Å². The van der Waals surface area contributed by atoms with Gasteiger partial charge in [0.15, 0.2) is 11.6 Å². The molecule has 4 rings (SSSR count). The molecule has 1 unspecified atom stereocenters. The number of benzene rings is 3. The van der Waals surface area contributed by atoms with Crippen molar-refractivity contribution in [1.29, 1.82) is 0 Å². The van der Waals surface area contributed by atoms with Crippen LogP contribution < -0.4 is 16.0 Å². The highest BCUT2D eigenvalue weighted by Crippen LogP contribution is 2.28. The van der Waals surface area contributed by atoms with Crippen LogP contribution in [0.2, 0.25) is 5.02 Å². The lowest BCUT2D eigenvalue weighted by atomic mass is 10.00. The van der Waals surface area contributed by atoms with E-state index in [1.807, 2.05) is 0 Å². The Kier molecular flexibility index (Phi) is 7.63. The second-order valence-electron chi connectivity index (χ2n) is 8.66. The molecule has 1 aliphatic rings. The van der Waals surface area contributed by atoms with Gasteiger partial charge in [-0.25, -0.2) is 13.8 Å². The molecule has 2 atom stereocenters. The first kappa shape index (κ1) is 26.0. The molecule has 0 fully saturated rings. The van der Waals surface area contributed by atoms with Gasteiger partial charge in [0.2, 0.25) is 18.0 Å². The number of hydrogen-bond acceptors (Lipinski definition) is 4. The largest absolute Gasteiger partial charge is 0.368 e. The van der Waals surface area contributed by atoms with Gasteiger partial charge in [0.25, 0.3) is 5.91 Å². The number of halogens is 3. The number of fused-ring (bicyclic) bond motifs is 1. The predicted molar refractivity (Wildman–Crippen MR) is 136 cm³/mol.